The number of fused-ring (bicyclic) bond motifs is 1. The van der Waals surface area contributed by atoms with Crippen molar-refractivity contribution in [1.82, 2.24) is 4.90 Å². The van der Waals surface area contributed by atoms with Crippen LogP contribution in [0.5, 0.6) is 0 Å². The van der Waals surface area contributed by atoms with Crippen LogP contribution < -0.4 is 10.2 Å². The molecule has 0 bridgehead atoms. The van der Waals surface area contributed by atoms with E-state index < -0.39 is 0 Å². The van der Waals surface area contributed by atoms with E-state index in [2.05, 4.69) is 73.1 Å². The smallest absolute Gasteiger partial charge is 0.173 e. The normalized spacial score (nSPS) is 13.0. The molecular weight excluding hydrogens is 438 g/mol. The van der Waals surface area contributed by atoms with Crippen molar-refractivity contribution >= 4 is 28.7 Å². The Morgan fingerprint density at radius 3 is 2.56 bits per heavy atom. The molecule has 5 heteroatoms. The topological polar surface area (TPSA) is 27.7 Å². The summed E-state index contributed by atoms with van der Waals surface area (Å²) in [4.78, 5) is 4.87. The highest BCUT2D eigenvalue weighted by atomic mass is 32.1. The molecule has 0 aromatic heterocycles. The molecule has 1 aliphatic rings. The second-order valence-electron chi connectivity index (χ2n) is 9.58. The van der Waals surface area contributed by atoms with Gasteiger partial charge in [-0.25, -0.2) is 0 Å². The Morgan fingerprint density at radius 2 is 1.85 bits per heavy atom. The van der Waals surface area contributed by atoms with Crippen molar-refractivity contribution in [3.63, 3.8) is 0 Å². The van der Waals surface area contributed by atoms with E-state index in [0.717, 1.165) is 50.1 Å². The molecule has 0 fully saturated rings. The van der Waals surface area contributed by atoms with E-state index in [-0.39, 0.29) is 0 Å². The van der Waals surface area contributed by atoms with Crippen LogP contribution in [0.2, 0.25) is 0 Å². The second kappa shape index (κ2) is 13.1. The molecule has 186 valence electrons. The molecule has 34 heavy (non-hydrogen) atoms. The molecule has 2 aromatic carbocycles. The average molecular weight is 482 g/mol. The summed E-state index contributed by atoms with van der Waals surface area (Å²) >= 11 is 5.94. The Labute approximate surface area is 212 Å². The zero-order chi connectivity index (χ0) is 24.5. The molecule has 1 heterocycles. The third kappa shape index (κ3) is 7.19. The van der Waals surface area contributed by atoms with Gasteiger partial charge in [0.2, 0.25) is 0 Å². The monoisotopic (exact) mass is 481 g/mol. The molecule has 0 radical (unpaired) electrons. The molecule has 2 aromatic rings. The lowest BCUT2D eigenvalue weighted by atomic mass is 9.98. The minimum absolute atomic E-state index is 0.754. The van der Waals surface area contributed by atoms with E-state index in [1.165, 1.54) is 65.7 Å². The first-order chi connectivity index (χ1) is 16.4. The van der Waals surface area contributed by atoms with Crippen LogP contribution in [0.3, 0.4) is 0 Å². The maximum atomic E-state index is 5.94. The minimum Gasteiger partial charge on any atom is -0.382 e. The summed E-state index contributed by atoms with van der Waals surface area (Å²) in [6.07, 6.45) is 5.86. The number of nitrogens with zero attached hydrogens (tertiary/aromatic N) is 2. The predicted octanol–water partition coefficient (Wildman–Crippen LogP) is 6.79. The first-order valence-electron chi connectivity index (χ1n) is 13.0. The number of hydrogen-bond acceptors (Lipinski definition) is 3. The summed E-state index contributed by atoms with van der Waals surface area (Å²) in [6, 6.07) is 11.5. The number of nitrogens with one attached hydrogen (secondary N) is 1. The predicted molar refractivity (Wildman–Crippen MR) is 150 cm³/mol. The van der Waals surface area contributed by atoms with Crippen molar-refractivity contribution in [3.05, 3.63) is 58.1 Å². The van der Waals surface area contributed by atoms with Gasteiger partial charge in [-0.1, -0.05) is 43.2 Å². The van der Waals surface area contributed by atoms with Crippen LogP contribution in [0.1, 0.15) is 67.3 Å². The number of thiocarbonyl (C=S) groups is 1. The molecule has 4 nitrogen and oxygen atoms in total. The van der Waals surface area contributed by atoms with Crippen molar-refractivity contribution in [2.45, 2.75) is 73.3 Å². The van der Waals surface area contributed by atoms with E-state index in [9.17, 15) is 0 Å². The van der Waals surface area contributed by atoms with Gasteiger partial charge in [0.1, 0.15) is 0 Å². The van der Waals surface area contributed by atoms with E-state index in [1.54, 1.807) is 0 Å². The zero-order valence-corrected chi connectivity index (χ0v) is 22.7. The van der Waals surface area contributed by atoms with Gasteiger partial charge in [-0.3, -0.25) is 0 Å². The van der Waals surface area contributed by atoms with Crippen LogP contribution >= 0.6 is 12.2 Å². The number of rotatable bonds is 11. The van der Waals surface area contributed by atoms with Gasteiger partial charge in [0, 0.05) is 50.8 Å². The number of hydrogen-bond donors (Lipinski definition) is 1. The molecule has 1 aliphatic heterocycles. The maximum Gasteiger partial charge on any atom is 0.173 e. The molecule has 0 atom stereocenters. The van der Waals surface area contributed by atoms with Crippen molar-refractivity contribution in [3.8, 4) is 0 Å². The Morgan fingerprint density at radius 1 is 1.09 bits per heavy atom. The van der Waals surface area contributed by atoms with Gasteiger partial charge in [0.05, 0.1) is 0 Å². The number of benzene rings is 2. The highest BCUT2D eigenvalue weighted by Gasteiger charge is 2.18. The first-order valence-corrected chi connectivity index (χ1v) is 13.4. The largest absolute Gasteiger partial charge is 0.382 e. The lowest BCUT2D eigenvalue weighted by Gasteiger charge is -2.32. The van der Waals surface area contributed by atoms with Gasteiger partial charge in [0.15, 0.2) is 5.11 Å². The van der Waals surface area contributed by atoms with Crippen molar-refractivity contribution < 1.29 is 4.74 Å². The third-order valence-electron chi connectivity index (χ3n) is 6.63. The average Bonchev–Trinajstić information content (AvgIpc) is 2.81. The van der Waals surface area contributed by atoms with Gasteiger partial charge < -0.3 is 19.9 Å². The van der Waals surface area contributed by atoms with E-state index >= 15 is 0 Å². The van der Waals surface area contributed by atoms with Gasteiger partial charge in [0.25, 0.3) is 0 Å². The third-order valence-corrected chi connectivity index (χ3v) is 6.99. The molecule has 0 saturated heterocycles. The molecule has 1 N–H and O–H groups in total. The van der Waals surface area contributed by atoms with Crippen LogP contribution in [-0.2, 0) is 17.7 Å². The summed E-state index contributed by atoms with van der Waals surface area (Å²) in [5.74, 6) is 0. The molecule has 3 rings (SSSR count). The quantitative estimate of drug-likeness (QED) is 0.282. The fraction of sp³-hybridized carbons (Fsp3) is 0.552. The van der Waals surface area contributed by atoms with Crippen molar-refractivity contribution in [2.75, 3.05) is 43.1 Å². The fourth-order valence-electron chi connectivity index (χ4n) is 4.95. The first kappa shape index (κ1) is 26.5. The summed E-state index contributed by atoms with van der Waals surface area (Å²) in [7, 11) is 0. The van der Waals surface area contributed by atoms with E-state index in [4.69, 9.17) is 17.0 Å². The molecule has 0 spiro atoms. The van der Waals surface area contributed by atoms with E-state index in [1.807, 2.05) is 6.92 Å². The summed E-state index contributed by atoms with van der Waals surface area (Å²) in [5.41, 5.74) is 9.11. The number of ether oxygens (including phenoxy) is 1. The Bertz CT molecular complexity index is 935. The lowest BCUT2D eigenvalue weighted by molar-refractivity contribution is 0.139. The van der Waals surface area contributed by atoms with Gasteiger partial charge in [-0.15, -0.1) is 0 Å². The molecule has 0 unspecified atom stereocenters. The number of anilines is 2. The number of aryl methyl sites for hydroxylation is 4. The molecule has 0 amide bonds. The summed E-state index contributed by atoms with van der Waals surface area (Å²) < 4.78 is 5.61. The van der Waals surface area contributed by atoms with Crippen LogP contribution in [0.15, 0.2) is 30.3 Å². The molecular formula is C29H43N3OS. The Kier molecular flexibility index (Phi) is 10.2. The van der Waals surface area contributed by atoms with Crippen molar-refractivity contribution in [2.24, 2.45) is 0 Å². The van der Waals surface area contributed by atoms with Crippen LogP contribution in [-0.4, -0.2) is 42.9 Å². The fourth-order valence-corrected chi connectivity index (χ4v) is 5.20. The highest BCUT2D eigenvalue weighted by Crippen LogP contribution is 2.29. The maximum absolute atomic E-state index is 5.94. The molecule has 0 aliphatic carbocycles. The summed E-state index contributed by atoms with van der Waals surface area (Å²) in [6.45, 7) is 16.3. The SMILES string of the molecule is CCCCN1CCCc2cc(CN(CCCOCC)C(=S)Nc3c(C)cc(C)cc3C)ccc21. The van der Waals surface area contributed by atoms with Crippen molar-refractivity contribution in [1.29, 1.82) is 0 Å². The highest BCUT2D eigenvalue weighted by molar-refractivity contribution is 7.80. The van der Waals surface area contributed by atoms with Gasteiger partial charge >= 0.3 is 0 Å². The standard InChI is InChI=1S/C29H43N3OS/c1-6-8-14-31-15-9-11-26-20-25(12-13-27(26)31)21-32(16-10-17-33-7-2)29(34)30-28-23(4)18-22(3)19-24(28)5/h12-13,18-20H,6-11,14-17,21H2,1-5H3,(H,30,34). The zero-order valence-electron chi connectivity index (χ0n) is 21.9. The van der Waals surface area contributed by atoms with Crippen LogP contribution in [0.4, 0.5) is 11.4 Å². The second-order valence-corrected chi connectivity index (χ2v) is 9.97. The lowest BCUT2D eigenvalue weighted by Crippen LogP contribution is -2.36. The summed E-state index contributed by atoms with van der Waals surface area (Å²) in [5, 5.41) is 4.35. The Balaban J connectivity index is 1.76. The van der Waals surface area contributed by atoms with Gasteiger partial charge in [-0.2, -0.15) is 0 Å². The Hall–Kier alpha value is -2.11. The van der Waals surface area contributed by atoms with Crippen LogP contribution in [0.25, 0.3) is 0 Å². The van der Waals surface area contributed by atoms with E-state index in [0.29, 0.717) is 0 Å². The molecule has 0 saturated carbocycles. The number of unbranched alkanes of at least 4 members (excludes halogenated alkanes) is 1. The minimum atomic E-state index is 0.754. The van der Waals surface area contributed by atoms with Crippen LogP contribution in [0, 0.1) is 20.8 Å². The van der Waals surface area contributed by atoms with Gasteiger partial charge in [-0.05, 0) is 93.9 Å².